The summed E-state index contributed by atoms with van der Waals surface area (Å²) in [7, 11) is 0. The first-order valence-electron chi connectivity index (χ1n) is 7.76. The molecule has 1 amide bonds. The van der Waals surface area contributed by atoms with Gasteiger partial charge in [0, 0.05) is 23.7 Å². The van der Waals surface area contributed by atoms with Gasteiger partial charge < -0.3 is 10.0 Å². The van der Waals surface area contributed by atoms with Crippen molar-refractivity contribution in [3.05, 3.63) is 52.9 Å². The van der Waals surface area contributed by atoms with Crippen LogP contribution in [0.2, 0.25) is 5.02 Å². The number of benzene rings is 1. The minimum Gasteiger partial charge on any atom is -0.390 e. The monoisotopic (exact) mass is 358 g/mol. The summed E-state index contributed by atoms with van der Waals surface area (Å²) < 4.78 is 1.68. The maximum Gasteiger partial charge on any atom is 0.272 e. The van der Waals surface area contributed by atoms with E-state index in [1.807, 2.05) is 12.1 Å². The van der Waals surface area contributed by atoms with E-state index in [0.29, 0.717) is 35.2 Å². The molecule has 1 aliphatic rings. The number of rotatable bonds is 4. The average Bonchev–Trinajstić information content (AvgIpc) is 3.23. The first-order valence-corrected chi connectivity index (χ1v) is 8.14. The van der Waals surface area contributed by atoms with Crippen molar-refractivity contribution in [2.75, 3.05) is 13.1 Å². The lowest BCUT2D eigenvalue weighted by molar-refractivity contribution is 0.0492. The second kappa shape index (κ2) is 6.30. The van der Waals surface area contributed by atoms with Gasteiger partial charge in [0.25, 0.3) is 5.91 Å². The number of hydrogen-bond acceptors (Lipinski definition) is 5. The third-order valence-electron chi connectivity index (χ3n) is 4.17. The van der Waals surface area contributed by atoms with Crippen LogP contribution in [-0.4, -0.2) is 54.2 Å². The van der Waals surface area contributed by atoms with E-state index in [1.165, 1.54) is 0 Å². The first-order chi connectivity index (χ1) is 12.1. The number of H-pyrrole nitrogens is 1. The molecule has 25 heavy (non-hydrogen) atoms. The van der Waals surface area contributed by atoms with Crippen LogP contribution in [-0.2, 0) is 6.61 Å². The van der Waals surface area contributed by atoms with Crippen LogP contribution >= 0.6 is 11.6 Å². The van der Waals surface area contributed by atoms with E-state index >= 15 is 0 Å². The van der Waals surface area contributed by atoms with Gasteiger partial charge >= 0.3 is 0 Å². The number of aliphatic hydroxyl groups is 1. The van der Waals surface area contributed by atoms with E-state index in [-0.39, 0.29) is 18.6 Å². The molecule has 8 nitrogen and oxygen atoms in total. The van der Waals surface area contributed by atoms with Crippen LogP contribution in [0.25, 0.3) is 11.3 Å². The molecule has 9 heteroatoms. The second-order valence-electron chi connectivity index (χ2n) is 5.89. The Labute approximate surface area is 148 Å². The first kappa shape index (κ1) is 15.8. The number of aromatic amines is 1. The average molecular weight is 359 g/mol. The molecular formula is C16H15ClN6O2. The van der Waals surface area contributed by atoms with Crippen LogP contribution < -0.4 is 0 Å². The SMILES string of the molecule is O=C(c1cc(-c2cccc(Cl)c2)n[nH]1)N1CC(n2cc(CO)nn2)C1. The highest BCUT2D eigenvalue weighted by atomic mass is 35.5. The van der Waals surface area contributed by atoms with Crippen LogP contribution in [0.4, 0.5) is 0 Å². The minimum atomic E-state index is -0.143. The van der Waals surface area contributed by atoms with Gasteiger partial charge in [-0.15, -0.1) is 5.10 Å². The van der Waals surface area contributed by atoms with E-state index in [9.17, 15) is 4.79 Å². The fourth-order valence-corrected chi connectivity index (χ4v) is 2.94. The number of hydrogen-bond donors (Lipinski definition) is 2. The summed E-state index contributed by atoms with van der Waals surface area (Å²) >= 11 is 5.99. The Morgan fingerprint density at radius 3 is 2.92 bits per heavy atom. The minimum absolute atomic E-state index is 0.0760. The number of nitrogens with one attached hydrogen (secondary N) is 1. The van der Waals surface area contributed by atoms with Crippen molar-refractivity contribution in [2.24, 2.45) is 0 Å². The highest BCUT2D eigenvalue weighted by Crippen LogP contribution is 2.25. The van der Waals surface area contributed by atoms with Gasteiger partial charge in [0.1, 0.15) is 11.4 Å². The van der Waals surface area contributed by atoms with E-state index < -0.39 is 0 Å². The number of carbonyl (C=O) groups excluding carboxylic acids is 1. The lowest BCUT2D eigenvalue weighted by Crippen LogP contribution is -2.51. The molecule has 0 aliphatic carbocycles. The number of carbonyl (C=O) groups is 1. The molecule has 4 rings (SSSR count). The molecule has 3 aromatic rings. The summed E-state index contributed by atoms with van der Waals surface area (Å²) in [6.45, 7) is 0.937. The summed E-state index contributed by atoms with van der Waals surface area (Å²) in [5.41, 5.74) is 2.47. The molecule has 3 heterocycles. The lowest BCUT2D eigenvalue weighted by Gasteiger charge is -2.38. The van der Waals surface area contributed by atoms with E-state index in [4.69, 9.17) is 16.7 Å². The van der Waals surface area contributed by atoms with Crippen LogP contribution in [0, 0.1) is 0 Å². The molecule has 2 N–H and O–H groups in total. The summed E-state index contributed by atoms with van der Waals surface area (Å²) in [6, 6.07) is 9.12. The van der Waals surface area contributed by atoms with Crippen molar-refractivity contribution in [2.45, 2.75) is 12.6 Å². The molecule has 128 valence electrons. The van der Waals surface area contributed by atoms with Gasteiger partial charge in [0.15, 0.2) is 0 Å². The fourth-order valence-electron chi connectivity index (χ4n) is 2.75. The predicted octanol–water partition coefficient (Wildman–Crippen LogP) is 1.51. The zero-order chi connectivity index (χ0) is 17.4. The largest absolute Gasteiger partial charge is 0.390 e. The molecule has 1 aromatic carbocycles. The van der Waals surface area contributed by atoms with Crippen molar-refractivity contribution in [3.8, 4) is 11.3 Å². The van der Waals surface area contributed by atoms with E-state index in [2.05, 4.69) is 20.5 Å². The Bertz CT molecular complexity index is 915. The maximum absolute atomic E-state index is 12.5. The standard InChI is InChI=1S/C16H15ClN6O2/c17-11-3-1-2-10(4-11)14-5-15(20-19-14)16(25)22-7-13(8-22)23-6-12(9-24)18-21-23/h1-6,13,24H,7-9H2,(H,19,20). The highest BCUT2D eigenvalue weighted by Gasteiger charge is 2.34. The Balaban J connectivity index is 1.43. The van der Waals surface area contributed by atoms with Gasteiger partial charge in [0.05, 0.1) is 24.5 Å². The zero-order valence-corrected chi connectivity index (χ0v) is 13.9. The van der Waals surface area contributed by atoms with Crippen LogP contribution in [0.1, 0.15) is 22.2 Å². The summed E-state index contributed by atoms with van der Waals surface area (Å²) in [4.78, 5) is 14.2. The summed E-state index contributed by atoms with van der Waals surface area (Å²) in [6.07, 6.45) is 1.69. The molecule has 2 aromatic heterocycles. The topological polar surface area (TPSA) is 99.9 Å². The normalized spacial score (nSPS) is 14.6. The maximum atomic E-state index is 12.5. The highest BCUT2D eigenvalue weighted by molar-refractivity contribution is 6.30. The number of nitrogens with zero attached hydrogens (tertiary/aromatic N) is 5. The van der Waals surface area contributed by atoms with Gasteiger partial charge in [0.2, 0.25) is 0 Å². The van der Waals surface area contributed by atoms with Gasteiger partial charge in [-0.3, -0.25) is 9.89 Å². The fraction of sp³-hybridized carbons (Fsp3) is 0.250. The third kappa shape index (κ3) is 3.01. The number of halogens is 1. The van der Waals surface area contributed by atoms with Gasteiger partial charge in [-0.2, -0.15) is 5.10 Å². The van der Waals surface area contributed by atoms with Crippen LogP contribution in [0.15, 0.2) is 36.5 Å². The van der Waals surface area contributed by atoms with Crippen molar-refractivity contribution in [3.63, 3.8) is 0 Å². The quantitative estimate of drug-likeness (QED) is 0.736. The van der Waals surface area contributed by atoms with Crippen molar-refractivity contribution < 1.29 is 9.90 Å². The Kier molecular flexibility index (Phi) is 3.98. The lowest BCUT2D eigenvalue weighted by atomic mass is 10.1. The molecule has 0 spiro atoms. The number of aliphatic hydroxyl groups excluding tert-OH is 1. The van der Waals surface area contributed by atoms with Crippen molar-refractivity contribution in [1.29, 1.82) is 0 Å². The van der Waals surface area contributed by atoms with Gasteiger partial charge in [-0.25, -0.2) is 4.68 Å². The molecule has 0 radical (unpaired) electrons. The van der Waals surface area contributed by atoms with E-state index in [1.54, 1.807) is 34.0 Å². The smallest absolute Gasteiger partial charge is 0.272 e. The Morgan fingerprint density at radius 1 is 1.36 bits per heavy atom. The van der Waals surface area contributed by atoms with Crippen LogP contribution in [0.3, 0.4) is 0 Å². The Hall–Kier alpha value is -2.71. The molecule has 0 unspecified atom stereocenters. The molecule has 0 saturated carbocycles. The molecule has 1 fully saturated rings. The molecule has 1 saturated heterocycles. The molecule has 0 atom stereocenters. The molecular weight excluding hydrogens is 344 g/mol. The number of likely N-dealkylation sites (tertiary alicyclic amines) is 1. The van der Waals surface area contributed by atoms with E-state index in [0.717, 1.165) is 5.56 Å². The molecule has 0 bridgehead atoms. The second-order valence-corrected chi connectivity index (χ2v) is 6.33. The molecule has 1 aliphatic heterocycles. The van der Waals surface area contributed by atoms with Gasteiger partial charge in [-0.1, -0.05) is 28.9 Å². The third-order valence-corrected chi connectivity index (χ3v) is 4.41. The summed E-state index contributed by atoms with van der Waals surface area (Å²) in [5.74, 6) is -0.112. The number of aromatic nitrogens is 5. The number of amides is 1. The zero-order valence-electron chi connectivity index (χ0n) is 13.1. The van der Waals surface area contributed by atoms with Crippen molar-refractivity contribution >= 4 is 17.5 Å². The van der Waals surface area contributed by atoms with Crippen LogP contribution in [0.5, 0.6) is 0 Å². The summed E-state index contributed by atoms with van der Waals surface area (Å²) in [5, 5.41) is 24.4. The van der Waals surface area contributed by atoms with Crippen molar-refractivity contribution in [1.82, 2.24) is 30.1 Å². The Morgan fingerprint density at radius 2 is 2.20 bits per heavy atom. The predicted molar refractivity (Wildman–Crippen MR) is 89.9 cm³/mol. The van der Waals surface area contributed by atoms with Gasteiger partial charge in [-0.05, 0) is 18.2 Å².